The van der Waals surface area contributed by atoms with Crippen molar-refractivity contribution in [2.45, 2.75) is 44.6 Å². The van der Waals surface area contributed by atoms with Crippen LogP contribution in [0.15, 0.2) is 6.20 Å². The van der Waals surface area contributed by atoms with Crippen molar-refractivity contribution >= 4 is 0 Å². The zero-order valence-corrected chi connectivity index (χ0v) is 9.56. The molecule has 1 aliphatic carbocycles. The van der Waals surface area contributed by atoms with Crippen LogP contribution in [-0.4, -0.2) is 21.0 Å². The molecule has 84 valence electrons. The lowest BCUT2D eigenvalue weighted by molar-refractivity contribution is 0.264. The molecule has 0 bridgehead atoms. The fraction of sp³-hybridized carbons (Fsp3) is 0.818. The molecule has 0 radical (unpaired) electrons. The summed E-state index contributed by atoms with van der Waals surface area (Å²) in [6, 6.07) is 0.354. The van der Waals surface area contributed by atoms with Crippen LogP contribution in [0, 0.1) is 5.92 Å². The van der Waals surface area contributed by atoms with Gasteiger partial charge in [-0.1, -0.05) is 18.6 Å². The molecule has 4 nitrogen and oxygen atoms in total. The van der Waals surface area contributed by atoms with Gasteiger partial charge in [0.25, 0.3) is 0 Å². The molecule has 0 spiro atoms. The Morgan fingerprint density at radius 2 is 2.33 bits per heavy atom. The molecule has 1 aliphatic rings. The SMILES string of the molecule is CCC1CCC(N)CC1c1cnnn1C. The van der Waals surface area contributed by atoms with Crippen molar-refractivity contribution in [2.75, 3.05) is 0 Å². The van der Waals surface area contributed by atoms with Crippen molar-refractivity contribution in [3.8, 4) is 0 Å². The largest absolute Gasteiger partial charge is 0.328 e. The highest BCUT2D eigenvalue weighted by molar-refractivity contribution is 5.07. The first-order chi connectivity index (χ1) is 7.22. The van der Waals surface area contributed by atoms with Gasteiger partial charge in [-0.3, -0.25) is 4.68 Å². The van der Waals surface area contributed by atoms with Crippen molar-refractivity contribution in [1.29, 1.82) is 0 Å². The van der Waals surface area contributed by atoms with Crippen molar-refractivity contribution in [3.63, 3.8) is 0 Å². The monoisotopic (exact) mass is 208 g/mol. The van der Waals surface area contributed by atoms with Crippen LogP contribution in [0.1, 0.15) is 44.2 Å². The fourth-order valence-electron chi connectivity index (χ4n) is 2.75. The van der Waals surface area contributed by atoms with Gasteiger partial charge in [0.1, 0.15) is 0 Å². The van der Waals surface area contributed by atoms with E-state index >= 15 is 0 Å². The Kier molecular flexibility index (Phi) is 3.05. The summed E-state index contributed by atoms with van der Waals surface area (Å²) in [5.74, 6) is 1.31. The van der Waals surface area contributed by atoms with Crippen molar-refractivity contribution in [2.24, 2.45) is 18.7 Å². The van der Waals surface area contributed by atoms with Gasteiger partial charge < -0.3 is 5.73 Å². The van der Waals surface area contributed by atoms with E-state index < -0.39 is 0 Å². The van der Waals surface area contributed by atoms with E-state index in [1.54, 1.807) is 0 Å². The molecule has 1 fully saturated rings. The summed E-state index contributed by atoms with van der Waals surface area (Å²) in [4.78, 5) is 0. The Hall–Kier alpha value is -0.900. The minimum Gasteiger partial charge on any atom is -0.328 e. The molecule has 0 aromatic carbocycles. The number of hydrogen-bond donors (Lipinski definition) is 1. The summed E-state index contributed by atoms with van der Waals surface area (Å²) in [6.07, 6.45) is 6.61. The molecule has 0 amide bonds. The summed E-state index contributed by atoms with van der Waals surface area (Å²) < 4.78 is 1.89. The molecule has 1 aromatic rings. The highest BCUT2D eigenvalue weighted by atomic mass is 15.4. The average Bonchev–Trinajstić information content (AvgIpc) is 2.64. The summed E-state index contributed by atoms with van der Waals surface area (Å²) in [5, 5.41) is 7.97. The van der Waals surface area contributed by atoms with Gasteiger partial charge in [-0.15, -0.1) is 5.10 Å². The van der Waals surface area contributed by atoms with Crippen molar-refractivity contribution < 1.29 is 0 Å². The lowest BCUT2D eigenvalue weighted by atomic mass is 9.74. The van der Waals surface area contributed by atoms with E-state index in [1.807, 2.05) is 17.9 Å². The lowest BCUT2D eigenvalue weighted by Crippen LogP contribution is -2.32. The number of nitrogens with zero attached hydrogens (tertiary/aromatic N) is 3. The lowest BCUT2D eigenvalue weighted by Gasteiger charge is -2.33. The first-order valence-corrected chi connectivity index (χ1v) is 5.82. The van der Waals surface area contributed by atoms with Crippen LogP contribution in [0.4, 0.5) is 0 Å². The van der Waals surface area contributed by atoms with E-state index in [0.717, 1.165) is 12.3 Å². The number of hydrogen-bond acceptors (Lipinski definition) is 3. The third kappa shape index (κ3) is 2.04. The summed E-state index contributed by atoms with van der Waals surface area (Å²) in [7, 11) is 1.97. The molecule has 2 N–H and O–H groups in total. The molecule has 1 aromatic heterocycles. The van der Waals surface area contributed by atoms with Crippen LogP contribution in [0.3, 0.4) is 0 Å². The van der Waals surface area contributed by atoms with Crippen LogP contribution < -0.4 is 5.73 Å². The maximum atomic E-state index is 6.05. The van der Waals surface area contributed by atoms with Gasteiger partial charge in [-0.2, -0.15) is 0 Å². The van der Waals surface area contributed by atoms with Crippen LogP contribution >= 0.6 is 0 Å². The summed E-state index contributed by atoms with van der Waals surface area (Å²) >= 11 is 0. The number of aromatic nitrogens is 3. The zero-order valence-electron chi connectivity index (χ0n) is 9.56. The van der Waals surface area contributed by atoms with E-state index in [9.17, 15) is 0 Å². The molecule has 1 heterocycles. The molecule has 3 atom stereocenters. The predicted molar refractivity (Wildman–Crippen MR) is 59.4 cm³/mol. The first kappa shape index (κ1) is 10.6. The average molecular weight is 208 g/mol. The highest BCUT2D eigenvalue weighted by Crippen LogP contribution is 2.38. The first-order valence-electron chi connectivity index (χ1n) is 5.82. The zero-order chi connectivity index (χ0) is 10.8. The van der Waals surface area contributed by atoms with Gasteiger partial charge in [0.15, 0.2) is 0 Å². The van der Waals surface area contributed by atoms with Crippen molar-refractivity contribution in [3.05, 3.63) is 11.9 Å². The summed E-state index contributed by atoms with van der Waals surface area (Å²) in [6.45, 7) is 2.26. The normalized spacial score (nSPS) is 31.8. The van der Waals surface area contributed by atoms with Crippen LogP contribution in [-0.2, 0) is 7.05 Å². The van der Waals surface area contributed by atoms with Crippen LogP contribution in [0.25, 0.3) is 0 Å². The van der Waals surface area contributed by atoms with E-state index in [-0.39, 0.29) is 0 Å². The van der Waals surface area contributed by atoms with Crippen LogP contribution in [0.2, 0.25) is 0 Å². The second-order valence-corrected chi connectivity index (χ2v) is 4.63. The van der Waals surface area contributed by atoms with Crippen LogP contribution in [0.5, 0.6) is 0 Å². The van der Waals surface area contributed by atoms with Gasteiger partial charge in [-0.05, 0) is 25.2 Å². The molecule has 0 aliphatic heterocycles. The minimum absolute atomic E-state index is 0.354. The predicted octanol–water partition coefficient (Wildman–Crippen LogP) is 1.44. The second-order valence-electron chi connectivity index (χ2n) is 4.63. The smallest absolute Gasteiger partial charge is 0.0728 e. The maximum absolute atomic E-state index is 6.05. The maximum Gasteiger partial charge on any atom is 0.0728 e. The van der Waals surface area contributed by atoms with Gasteiger partial charge in [0.2, 0.25) is 0 Å². The minimum atomic E-state index is 0.354. The topological polar surface area (TPSA) is 56.7 Å². The number of rotatable bonds is 2. The molecular formula is C11H20N4. The molecule has 0 saturated heterocycles. The number of aryl methyl sites for hydroxylation is 1. The fourth-order valence-corrected chi connectivity index (χ4v) is 2.75. The molecule has 2 rings (SSSR count). The van der Waals surface area contributed by atoms with Gasteiger partial charge in [0.05, 0.1) is 11.9 Å². The number of nitrogens with two attached hydrogens (primary N) is 1. The van der Waals surface area contributed by atoms with Gasteiger partial charge in [0, 0.05) is 19.0 Å². The third-order valence-corrected chi connectivity index (χ3v) is 3.69. The molecule has 4 heteroatoms. The molecule has 3 unspecified atom stereocenters. The van der Waals surface area contributed by atoms with Gasteiger partial charge in [-0.25, -0.2) is 0 Å². The van der Waals surface area contributed by atoms with E-state index in [1.165, 1.54) is 25.0 Å². The summed E-state index contributed by atoms with van der Waals surface area (Å²) in [5.41, 5.74) is 7.30. The molecule has 1 saturated carbocycles. The van der Waals surface area contributed by atoms with E-state index in [4.69, 9.17) is 5.73 Å². The second kappa shape index (κ2) is 4.31. The Morgan fingerprint density at radius 1 is 1.53 bits per heavy atom. The van der Waals surface area contributed by atoms with Crippen molar-refractivity contribution in [1.82, 2.24) is 15.0 Å². The Balaban J connectivity index is 2.20. The van der Waals surface area contributed by atoms with E-state index in [0.29, 0.717) is 12.0 Å². The van der Waals surface area contributed by atoms with Gasteiger partial charge >= 0.3 is 0 Å². The standard InChI is InChI=1S/C11H20N4/c1-3-8-4-5-9(12)6-10(8)11-7-13-14-15(11)2/h7-10H,3-6,12H2,1-2H3. The quantitative estimate of drug-likeness (QED) is 0.800. The highest BCUT2D eigenvalue weighted by Gasteiger charge is 2.30. The Morgan fingerprint density at radius 3 is 2.93 bits per heavy atom. The Labute approximate surface area is 90.8 Å². The molecular weight excluding hydrogens is 188 g/mol. The Bertz CT molecular complexity index is 320. The van der Waals surface area contributed by atoms with E-state index in [2.05, 4.69) is 17.2 Å². The third-order valence-electron chi connectivity index (χ3n) is 3.69. The molecule has 15 heavy (non-hydrogen) atoms.